The molecule has 0 bridgehead atoms. The SMILES string of the molecule is COc1cc(C(=O)Nc2c(C)cc3ccnn3c2C(=O)NC(C)C(F)(F)F)n(-c2ncccc2Cl)n1. The lowest BCUT2D eigenvalue weighted by Gasteiger charge is -2.20. The summed E-state index contributed by atoms with van der Waals surface area (Å²) in [4.78, 5) is 30.5. The maximum atomic E-state index is 13.4. The monoisotopic (exact) mass is 521 g/mol. The van der Waals surface area contributed by atoms with Crippen molar-refractivity contribution < 1.29 is 27.5 Å². The number of fused-ring (bicyclic) bond motifs is 1. The molecule has 10 nitrogen and oxygen atoms in total. The van der Waals surface area contributed by atoms with Crippen LogP contribution in [0.5, 0.6) is 5.88 Å². The van der Waals surface area contributed by atoms with Crippen LogP contribution in [0, 0.1) is 6.92 Å². The first-order chi connectivity index (χ1) is 17.0. The molecule has 0 radical (unpaired) electrons. The molecule has 0 saturated carbocycles. The summed E-state index contributed by atoms with van der Waals surface area (Å²) in [5, 5.41) is 12.9. The van der Waals surface area contributed by atoms with Gasteiger partial charge in [0.1, 0.15) is 11.7 Å². The lowest BCUT2D eigenvalue weighted by Crippen LogP contribution is -2.44. The van der Waals surface area contributed by atoms with Crippen LogP contribution in [-0.2, 0) is 0 Å². The summed E-state index contributed by atoms with van der Waals surface area (Å²) < 4.78 is 46.8. The van der Waals surface area contributed by atoms with Crippen LogP contribution in [0.4, 0.5) is 18.9 Å². The van der Waals surface area contributed by atoms with Crippen LogP contribution in [0.1, 0.15) is 33.5 Å². The molecule has 0 spiro atoms. The maximum absolute atomic E-state index is 13.4. The van der Waals surface area contributed by atoms with E-state index in [1.165, 1.54) is 25.6 Å². The van der Waals surface area contributed by atoms with Gasteiger partial charge in [0.05, 0.1) is 29.5 Å². The number of aryl methyl sites for hydroxylation is 1. The van der Waals surface area contributed by atoms with E-state index in [4.69, 9.17) is 16.3 Å². The van der Waals surface area contributed by atoms with E-state index in [9.17, 15) is 22.8 Å². The van der Waals surface area contributed by atoms with Crippen molar-refractivity contribution in [3.05, 3.63) is 64.7 Å². The summed E-state index contributed by atoms with van der Waals surface area (Å²) in [6.45, 7) is 2.41. The summed E-state index contributed by atoms with van der Waals surface area (Å²) in [6, 6.07) is 5.54. The number of nitrogens with one attached hydrogen (secondary N) is 2. The second-order valence-electron chi connectivity index (χ2n) is 7.70. The van der Waals surface area contributed by atoms with Crippen molar-refractivity contribution in [1.29, 1.82) is 0 Å². The molecule has 0 aromatic carbocycles. The fourth-order valence-corrected chi connectivity index (χ4v) is 3.61. The Balaban J connectivity index is 1.79. The number of anilines is 1. The van der Waals surface area contributed by atoms with Gasteiger partial charge in [-0.25, -0.2) is 14.2 Å². The minimum Gasteiger partial charge on any atom is -0.480 e. The first-order valence-electron chi connectivity index (χ1n) is 10.4. The van der Waals surface area contributed by atoms with Gasteiger partial charge in [0.15, 0.2) is 11.5 Å². The molecule has 0 aliphatic heterocycles. The van der Waals surface area contributed by atoms with Gasteiger partial charge in [-0.15, -0.1) is 5.10 Å². The van der Waals surface area contributed by atoms with Crippen molar-refractivity contribution in [2.24, 2.45) is 0 Å². The molecule has 2 N–H and O–H groups in total. The van der Waals surface area contributed by atoms with Gasteiger partial charge in [-0.3, -0.25) is 9.59 Å². The molecule has 4 heterocycles. The zero-order chi connectivity index (χ0) is 26.2. The minimum atomic E-state index is -4.67. The van der Waals surface area contributed by atoms with Crippen LogP contribution in [0.15, 0.2) is 42.7 Å². The van der Waals surface area contributed by atoms with Crippen molar-refractivity contribution >= 4 is 34.6 Å². The third-order valence-corrected chi connectivity index (χ3v) is 5.53. The molecule has 188 valence electrons. The van der Waals surface area contributed by atoms with Crippen LogP contribution in [0.2, 0.25) is 5.02 Å². The average molecular weight is 522 g/mol. The van der Waals surface area contributed by atoms with Crippen molar-refractivity contribution in [1.82, 2.24) is 29.7 Å². The van der Waals surface area contributed by atoms with Gasteiger partial charge in [-0.2, -0.15) is 18.3 Å². The number of rotatable bonds is 6. The quantitative estimate of drug-likeness (QED) is 0.398. The first kappa shape index (κ1) is 25.0. The van der Waals surface area contributed by atoms with Crippen LogP contribution >= 0.6 is 11.6 Å². The van der Waals surface area contributed by atoms with Crippen LogP contribution in [0.25, 0.3) is 11.3 Å². The van der Waals surface area contributed by atoms with E-state index < -0.39 is 24.0 Å². The van der Waals surface area contributed by atoms with Gasteiger partial charge in [0.25, 0.3) is 11.8 Å². The number of amides is 2. The molecule has 1 unspecified atom stereocenters. The zero-order valence-corrected chi connectivity index (χ0v) is 19.8. The van der Waals surface area contributed by atoms with E-state index in [1.807, 2.05) is 5.32 Å². The number of pyridine rings is 2. The number of alkyl halides is 3. The molecule has 4 rings (SSSR count). The molecule has 0 saturated heterocycles. The molecule has 36 heavy (non-hydrogen) atoms. The normalized spacial score (nSPS) is 12.4. The summed E-state index contributed by atoms with van der Waals surface area (Å²) in [5.74, 6) is -1.60. The maximum Gasteiger partial charge on any atom is 0.408 e. The van der Waals surface area contributed by atoms with Crippen molar-refractivity contribution in [2.75, 3.05) is 12.4 Å². The summed E-state index contributed by atoms with van der Waals surface area (Å²) in [6.07, 6.45) is -1.83. The average Bonchev–Trinajstić information content (AvgIpc) is 3.45. The predicted molar refractivity (Wildman–Crippen MR) is 124 cm³/mol. The third-order valence-electron chi connectivity index (χ3n) is 5.24. The third kappa shape index (κ3) is 4.69. The van der Waals surface area contributed by atoms with Crippen LogP contribution < -0.4 is 15.4 Å². The van der Waals surface area contributed by atoms with Gasteiger partial charge in [0.2, 0.25) is 5.88 Å². The number of carbonyl (C=O) groups is 2. The predicted octanol–water partition coefficient (Wildman–Crippen LogP) is 3.82. The number of nitrogens with zero attached hydrogens (tertiary/aromatic N) is 5. The smallest absolute Gasteiger partial charge is 0.408 e. The Bertz CT molecular complexity index is 1470. The number of methoxy groups -OCH3 is 1. The van der Waals surface area contributed by atoms with Crippen molar-refractivity contribution in [2.45, 2.75) is 26.1 Å². The molecule has 0 aliphatic carbocycles. The Hall–Kier alpha value is -4.13. The number of aromatic nitrogens is 5. The van der Waals surface area contributed by atoms with E-state index in [2.05, 4.69) is 20.5 Å². The second-order valence-corrected chi connectivity index (χ2v) is 8.11. The van der Waals surface area contributed by atoms with Crippen molar-refractivity contribution in [3.63, 3.8) is 0 Å². The number of halogens is 4. The molecule has 0 aliphatic rings. The molecule has 1 atom stereocenters. The van der Waals surface area contributed by atoms with E-state index in [1.54, 1.807) is 31.2 Å². The Kier molecular flexibility index (Phi) is 6.59. The Labute approximate surface area is 207 Å². The summed E-state index contributed by atoms with van der Waals surface area (Å²) >= 11 is 6.23. The van der Waals surface area contributed by atoms with Crippen LogP contribution in [-0.4, -0.2) is 55.5 Å². The standard InChI is InChI=1S/C22H19ClF3N7O3/c1-11-9-13-6-8-28-32(13)18(21(35)29-12(2)22(24,25)26)17(11)30-20(34)15-10-16(36-3)31-33(15)19-14(23)5-4-7-27-19/h4-10,12H,1-3H3,(H,29,35)(H,30,34). The highest BCUT2D eigenvalue weighted by molar-refractivity contribution is 6.32. The zero-order valence-electron chi connectivity index (χ0n) is 19.1. The first-order valence-corrected chi connectivity index (χ1v) is 10.8. The van der Waals surface area contributed by atoms with Gasteiger partial charge in [-0.1, -0.05) is 11.6 Å². The Morgan fingerprint density at radius 1 is 1.17 bits per heavy atom. The number of carbonyl (C=O) groups excluding carboxylic acids is 2. The van der Waals surface area contributed by atoms with Gasteiger partial charge >= 0.3 is 6.18 Å². The minimum absolute atomic E-state index is 0.0399. The van der Waals surface area contributed by atoms with Gasteiger partial charge in [-0.05, 0) is 43.7 Å². The topological polar surface area (TPSA) is 115 Å². The lowest BCUT2D eigenvalue weighted by atomic mass is 10.1. The van der Waals surface area contributed by atoms with Crippen LogP contribution in [0.3, 0.4) is 0 Å². The molecular weight excluding hydrogens is 503 g/mol. The van der Waals surface area contributed by atoms with E-state index in [-0.39, 0.29) is 33.8 Å². The molecule has 2 amide bonds. The highest BCUT2D eigenvalue weighted by atomic mass is 35.5. The number of ether oxygens (including phenoxy) is 1. The Morgan fingerprint density at radius 3 is 2.58 bits per heavy atom. The molecule has 14 heteroatoms. The van der Waals surface area contributed by atoms with Crippen molar-refractivity contribution in [3.8, 4) is 11.7 Å². The largest absolute Gasteiger partial charge is 0.480 e. The Morgan fingerprint density at radius 2 is 1.92 bits per heavy atom. The number of hydrogen-bond acceptors (Lipinski definition) is 6. The highest BCUT2D eigenvalue weighted by Crippen LogP contribution is 2.27. The fourth-order valence-electron chi connectivity index (χ4n) is 3.40. The van der Waals surface area contributed by atoms with E-state index >= 15 is 0 Å². The molecular formula is C22H19ClF3N7O3. The molecule has 4 aromatic rings. The number of hydrogen-bond donors (Lipinski definition) is 2. The van der Waals surface area contributed by atoms with E-state index in [0.717, 1.165) is 16.1 Å². The van der Waals surface area contributed by atoms with Gasteiger partial charge < -0.3 is 15.4 Å². The summed E-state index contributed by atoms with van der Waals surface area (Å²) in [7, 11) is 1.36. The molecule has 0 fully saturated rings. The summed E-state index contributed by atoms with van der Waals surface area (Å²) in [5.41, 5.74) is 0.482. The highest BCUT2D eigenvalue weighted by Gasteiger charge is 2.38. The fraction of sp³-hybridized carbons (Fsp3) is 0.227. The molecule has 4 aromatic heterocycles. The van der Waals surface area contributed by atoms with Gasteiger partial charge in [0, 0.05) is 12.3 Å². The van der Waals surface area contributed by atoms with E-state index in [0.29, 0.717) is 11.1 Å². The lowest BCUT2D eigenvalue weighted by molar-refractivity contribution is -0.149. The second kappa shape index (κ2) is 9.49.